The van der Waals surface area contributed by atoms with E-state index in [0.717, 1.165) is 12.8 Å². The Balaban J connectivity index is 2.36. The van der Waals surface area contributed by atoms with Crippen molar-refractivity contribution in [1.82, 2.24) is 0 Å². The maximum absolute atomic E-state index is 13.2. The van der Waals surface area contributed by atoms with Gasteiger partial charge in [-0.2, -0.15) is 0 Å². The zero-order chi connectivity index (χ0) is 10.3. The predicted molar refractivity (Wildman–Crippen MR) is 55.5 cm³/mol. The zero-order valence-corrected chi connectivity index (χ0v) is 8.39. The quantitative estimate of drug-likeness (QED) is 0.744. The van der Waals surface area contributed by atoms with Crippen molar-refractivity contribution in [2.45, 2.75) is 18.9 Å². The molecule has 1 fully saturated rings. The minimum atomic E-state index is -0.444. The van der Waals surface area contributed by atoms with Gasteiger partial charge in [0, 0.05) is 11.1 Å². The van der Waals surface area contributed by atoms with E-state index in [-0.39, 0.29) is 11.7 Å². The lowest BCUT2D eigenvalue weighted by atomic mass is 10.0. The molecule has 1 aromatic rings. The number of hydrogen-bond acceptors (Lipinski definition) is 2. The van der Waals surface area contributed by atoms with Gasteiger partial charge in [-0.1, -0.05) is 11.6 Å². The van der Waals surface area contributed by atoms with Crippen LogP contribution in [0.3, 0.4) is 0 Å². The Labute approximate surface area is 87.0 Å². The highest BCUT2D eigenvalue weighted by Gasteiger charge is 2.31. The molecule has 0 spiro atoms. The van der Waals surface area contributed by atoms with Crippen LogP contribution in [-0.4, -0.2) is 0 Å². The number of nitrogen functional groups attached to an aromatic ring is 1. The van der Waals surface area contributed by atoms with Gasteiger partial charge in [-0.05, 0) is 36.5 Å². The van der Waals surface area contributed by atoms with Gasteiger partial charge in [0.15, 0.2) is 0 Å². The molecule has 1 atom stereocenters. The van der Waals surface area contributed by atoms with Crippen molar-refractivity contribution >= 4 is 17.3 Å². The highest BCUT2D eigenvalue weighted by Crippen LogP contribution is 2.41. The molecule has 0 bridgehead atoms. The zero-order valence-electron chi connectivity index (χ0n) is 7.63. The second-order valence-electron chi connectivity index (χ2n) is 3.76. The Morgan fingerprint density at radius 2 is 2.07 bits per heavy atom. The van der Waals surface area contributed by atoms with Crippen molar-refractivity contribution in [2.24, 2.45) is 11.7 Å². The van der Waals surface area contributed by atoms with Crippen LogP contribution in [0.1, 0.15) is 24.4 Å². The molecule has 1 aliphatic rings. The van der Waals surface area contributed by atoms with Crippen molar-refractivity contribution in [3.05, 3.63) is 28.5 Å². The summed E-state index contributed by atoms with van der Waals surface area (Å²) >= 11 is 5.94. The first kappa shape index (κ1) is 9.74. The third-order valence-corrected chi connectivity index (χ3v) is 2.93. The van der Waals surface area contributed by atoms with E-state index in [4.69, 9.17) is 23.1 Å². The number of hydrogen-bond donors (Lipinski definition) is 2. The molecular formula is C10H12ClFN2. The van der Waals surface area contributed by atoms with E-state index in [9.17, 15) is 4.39 Å². The van der Waals surface area contributed by atoms with E-state index in [1.54, 1.807) is 0 Å². The molecule has 2 rings (SSSR count). The summed E-state index contributed by atoms with van der Waals surface area (Å²) in [6, 6.07) is 2.62. The number of benzene rings is 1. The third-order valence-electron chi connectivity index (χ3n) is 2.60. The van der Waals surface area contributed by atoms with Gasteiger partial charge in [0.1, 0.15) is 5.82 Å². The summed E-state index contributed by atoms with van der Waals surface area (Å²) in [5.74, 6) is 0.0102. The van der Waals surface area contributed by atoms with Crippen LogP contribution in [0.15, 0.2) is 12.1 Å². The summed E-state index contributed by atoms with van der Waals surface area (Å²) in [5, 5.41) is 0.461. The molecule has 4 heteroatoms. The SMILES string of the molecule is Nc1cc(Cl)c(C(N)C2CC2)cc1F. The first-order chi connectivity index (χ1) is 6.59. The number of anilines is 1. The molecule has 0 radical (unpaired) electrons. The lowest BCUT2D eigenvalue weighted by molar-refractivity contribution is 0.605. The van der Waals surface area contributed by atoms with Gasteiger partial charge in [0.25, 0.3) is 0 Å². The first-order valence-electron chi connectivity index (χ1n) is 4.59. The van der Waals surface area contributed by atoms with Crippen molar-refractivity contribution in [1.29, 1.82) is 0 Å². The summed E-state index contributed by atoms with van der Waals surface area (Å²) < 4.78 is 13.2. The van der Waals surface area contributed by atoms with Crippen molar-refractivity contribution in [2.75, 3.05) is 5.73 Å². The van der Waals surface area contributed by atoms with E-state index in [2.05, 4.69) is 0 Å². The molecule has 14 heavy (non-hydrogen) atoms. The minimum Gasteiger partial charge on any atom is -0.396 e. The fourth-order valence-electron chi connectivity index (χ4n) is 1.54. The normalized spacial score (nSPS) is 18.2. The van der Waals surface area contributed by atoms with E-state index >= 15 is 0 Å². The van der Waals surface area contributed by atoms with E-state index in [1.807, 2.05) is 0 Å². The summed E-state index contributed by atoms with van der Waals surface area (Å²) in [5.41, 5.74) is 12.0. The lowest BCUT2D eigenvalue weighted by Crippen LogP contribution is -2.13. The largest absolute Gasteiger partial charge is 0.396 e. The fourth-order valence-corrected chi connectivity index (χ4v) is 1.84. The van der Waals surface area contributed by atoms with Gasteiger partial charge in [-0.15, -0.1) is 0 Å². The van der Waals surface area contributed by atoms with Crippen LogP contribution < -0.4 is 11.5 Å². The Morgan fingerprint density at radius 1 is 1.43 bits per heavy atom. The Morgan fingerprint density at radius 3 is 2.64 bits per heavy atom. The Kier molecular flexibility index (Phi) is 2.37. The fraction of sp³-hybridized carbons (Fsp3) is 0.400. The molecular weight excluding hydrogens is 203 g/mol. The standard InChI is InChI=1S/C10H12ClFN2/c11-7-4-9(13)8(12)3-6(7)10(14)5-1-2-5/h3-5,10H,1-2,13-14H2. The predicted octanol–water partition coefficient (Wildman–Crippen LogP) is 2.47. The second-order valence-corrected chi connectivity index (χ2v) is 4.17. The molecule has 76 valence electrons. The molecule has 0 heterocycles. The van der Waals surface area contributed by atoms with Crippen LogP contribution in [0, 0.1) is 11.7 Å². The molecule has 1 unspecified atom stereocenters. The summed E-state index contributed by atoms with van der Waals surface area (Å²) in [6.45, 7) is 0. The second kappa shape index (κ2) is 3.41. The van der Waals surface area contributed by atoms with E-state index in [0.29, 0.717) is 16.5 Å². The van der Waals surface area contributed by atoms with Crippen LogP contribution in [-0.2, 0) is 0 Å². The molecule has 1 saturated carbocycles. The molecule has 2 nitrogen and oxygen atoms in total. The Hall–Kier alpha value is -0.800. The van der Waals surface area contributed by atoms with Crippen LogP contribution in [0.25, 0.3) is 0 Å². The average Bonchev–Trinajstić information content (AvgIpc) is 2.93. The van der Waals surface area contributed by atoms with Crippen LogP contribution in [0.4, 0.5) is 10.1 Å². The van der Waals surface area contributed by atoms with Crippen LogP contribution in [0.2, 0.25) is 5.02 Å². The third kappa shape index (κ3) is 1.70. The van der Waals surface area contributed by atoms with Crippen LogP contribution >= 0.6 is 11.6 Å². The van der Waals surface area contributed by atoms with Gasteiger partial charge < -0.3 is 11.5 Å². The summed E-state index contributed by atoms with van der Waals surface area (Å²) in [7, 11) is 0. The number of halogens is 2. The number of nitrogens with two attached hydrogens (primary N) is 2. The molecule has 1 aliphatic carbocycles. The molecule has 4 N–H and O–H groups in total. The van der Waals surface area contributed by atoms with E-state index in [1.165, 1.54) is 12.1 Å². The highest BCUT2D eigenvalue weighted by molar-refractivity contribution is 6.31. The summed E-state index contributed by atoms with van der Waals surface area (Å²) in [6.07, 6.45) is 2.20. The van der Waals surface area contributed by atoms with Crippen LogP contribution in [0.5, 0.6) is 0 Å². The van der Waals surface area contributed by atoms with Gasteiger partial charge in [-0.25, -0.2) is 4.39 Å². The van der Waals surface area contributed by atoms with Crippen molar-refractivity contribution < 1.29 is 4.39 Å². The number of rotatable bonds is 2. The van der Waals surface area contributed by atoms with Crippen molar-refractivity contribution in [3.63, 3.8) is 0 Å². The molecule has 0 saturated heterocycles. The highest BCUT2D eigenvalue weighted by atomic mass is 35.5. The summed E-state index contributed by atoms with van der Waals surface area (Å²) in [4.78, 5) is 0. The molecule has 0 amide bonds. The van der Waals surface area contributed by atoms with Gasteiger partial charge in [0.05, 0.1) is 5.69 Å². The van der Waals surface area contributed by atoms with Crippen molar-refractivity contribution in [3.8, 4) is 0 Å². The monoisotopic (exact) mass is 214 g/mol. The molecule has 0 aromatic heterocycles. The first-order valence-corrected chi connectivity index (χ1v) is 4.97. The van der Waals surface area contributed by atoms with E-state index < -0.39 is 5.82 Å². The Bertz CT molecular complexity index is 363. The smallest absolute Gasteiger partial charge is 0.146 e. The topological polar surface area (TPSA) is 52.0 Å². The molecule has 0 aliphatic heterocycles. The van der Waals surface area contributed by atoms with Gasteiger partial charge in [-0.3, -0.25) is 0 Å². The maximum Gasteiger partial charge on any atom is 0.146 e. The van der Waals surface area contributed by atoms with Gasteiger partial charge in [0.2, 0.25) is 0 Å². The maximum atomic E-state index is 13.2. The van der Waals surface area contributed by atoms with Gasteiger partial charge >= 0.3 is 0 Å². The molecule has 1 aromatic carbocycles. The minimum absolute atomic E-state index is 0.0711. The lowest BCUT2D eigenvalue weighted by Gasteiger charge is -2.13. The average molecular weight is 215 g/mol.